The predicted octanol–water partition coefficient (Wildman–Crippen LogP) is 4.08. The van der Waals surface area contributed by atoms with Gasteiger partial charge in [-0.05, 0) is 42.7 Å². The Labute approximate surface area is 149 Å². The minimum Gasteiger partial charge on any atom is -0.493 e. The summed E-state index contributed by atoms with van der Waals surface area (Å²) >= 11 is 0. The van der Waals surface area contributed by atoms with E-state index in [9.17, 15) is 14.3 Å². The Balaban J connectivity index is 1.54. The highest BCUT2D eigenvalue weighted by molar-refractivity contribution is 5.94. The Morgan fingerprint density at radius 2 is 2.12 bits per heavy atom. The zero-order valence-corrected chi connectivity index (χ0v) is 13.9. The molecule has 1 aliphatic heterocycles. The number of nitrogens with zero attached hydrogens (tertiary/aromatic N) is 3. The number of aromatic amines is 1. The number of nitrogens with one attached hydrogen (secondary N) is 1. The number of carbonyl (C=O) groups excluding carboxylic acids is 1. The van der Waals surface area contributed by atoms with Crippen LogP contribution in [0.25, 0.3) is 10.9 Å². The summed E-state index contributed by atoms with van der Waals surface area (Å²) in [7, 11) is 0. The molecule has 1 aromatic heterocycles. The number of rotatable bonds is 3. The van der Waals surface area contributed by atoms with Gasteiger partial charge in [0.25, 0.3) is 5.91 Å². The van der Waals surface area contributed by atoms with Crippen LogP contribution in [0.4, 0.5) is 15.8 Å². The van der Waals surface area contributed by atoms with Gasteiger partial charge in [-0.2, -0.15) is 0 Å². The molecular weight excluding hydrogens is 335 g/mol. The van der Waals surface area contributed by atoms with E-state index in [0.29, 0.717) is 10.9 Å². The van der Waals surface area contributed by atoms with Gasteiger partial charge in [0.15, 0.2) is 5.69 Å². The SMILES string of the molecule is O=C(CN1CCCc2ccccc21)N=Nc1c(O)[nH]c2ccc(F)cc12. The number of amides is 1. The highest BCUT2D eigenvalue weighted by Crippen LogP contribution is 2.35. The second-order valence-electron chi connectivity index (χ2n) is 6.26. The first-order valence-corrected chi connectivity index (χ1v) is 8.39. The van der Waals surface area contributed by atoms with E-state index in [1.807, 2.05) is 23.1 Å². The van der Waals surface area contributed by atoms with Crippen molar-refractivity contribution >= 4 is 28.2 Å². The van der Waals surface area contributed by atoms with Crippen LogP contribution < -0.4 is 4.90 Å². The average Bonchev–Trinajstić information content (AvgIpc) is 2.95. The van der Waals surface area contributed by atoms with Gasteiger partial charge < -0.3 is 15.0 Å². The topological polar surface area (TPSA) is 81.1 Å². The zero-order valence-electron chi connectivity index (χ0n) is 13.9. The van der Waals surface area contributed by atoms with Gasteiger partial charge in [-0.25, -0.2) is 4.39 Å². The quantitative estimate of drug-likeness (QED) is 0.697. The maximum atomic E-state index is 13.4. The largest absolute Gasteiger partial charge is 0.493 e. The fraction of sp³-hybridized carbons (Fsp3) is 0.211. The number of halogens is 1. The number of H-pyrrole nitrogens is 1. The molecule has 0 unspecified atom stereocenters. The van der Waals surface area contributed by atoms with Crippen molar-refractivity contribution in [3.63, 3.8) is 0 Å². The molecule has 0 saturated carbocycles. The summed E-state index contributed by atoms with van der Waals surface area (Å²) in [6.07, 6.45) is 1.97. The van der Waals surface area contributed by atoms with E-state index >= 15 is 0 Å². The Bertz CT molecular complexity index is 1010. The molecule has 0 aliphatic carbocycles. The van der Waals surface area contributed by atoms with Crippen LogP contribution in [0.2, 0.25) is 0 Å². The van der Waals surface area contributed by atoms with Gasteiger partial charge in [0.1, 0.15) is 12.4 Å². The number of hydrogen-bond donors (Lipinski definition) is 2. The Kier molecular flexibility index (Phi) is 4.12. The lowest BCUT2D eigenvalue weighted by atomic mass is 10.0. The number of aryl methyl sites for hydroxylation is 1. The fourth-order valence-corrected chi connectivity index (χ4v) is 3.31. The van der Waals surface area contributed by atoms with Crippen molar-refractivity contribution in [1.29, 1.82) is 0 Å². The van der Waals surface area contributed by atoms with Gasteiger partial charge >= 0.3 is 0 Å². The summed E-state index contributed by atoms with van der Waals surface area (Å²) in [5.41, 5.74) is 2.84. The Morgan fingerprint density at radius 1 is 1.27 bits per heavy atom. The predicted molar refractivity (Wildman–Crippen MR) is 96.4 cm³/mol. The molecule has 1 aliphatic rings. The van der Waals surface area contributed by atoms with Crippen molar-refractivity contribution in [3.8, 4) is 5.88 Å². The summed E-state index contributed by atoms with van der Waals surface area (Å²) in [6, 6.07) is 12.0. The van der Waals surface area contributed by atoms with Crippen LogP contribution in [0.15, 0.2) is 52.7 Å². The van der Waals surface area contributed by atoms with Crippen molar-refractivity contribution in [3.05, 3.63) is 53.8 Å². The number of hydrogen-bond acceptors (Lipinski definition) is 4. The van der Waals surface area contributed by atoms with E-state index in [2.05, 4.69) is 21.3 Å². The van der Waals surface area contributed by atoms with Crippen LogP contribution in [0.3, 0.4) is 0 Å². The highest BCUT2D eigenvalue weighted by Gasteiger charge is 2.19. The summed E-state index contributed by atoms with van der Waals surface area (Å²) in [6.45, 7) is 0.889. The third-order valence-corrected chi connectivity index (χ3v) is 4.51. The average molecular weight is 352 g/mol. The molecule has 1 amide bonds. The number of fused-ring (bicyclic) bond motifs is 2. The third kappa shape index (κ3) is 3.03. The number of aromatic nitrogens is 1. The van der Waals surface area contributed by atoms with E-state index in [4.69, 9.17) is 0 Å². The minimum atomic E-state index is -0.454. The van der Waals surface area contributed by atoms with Crippen LogP contribution in [-0.4, -0.2) is 29.1 Å². The molecule has 0 radical (unpaired) electrons. The lowest BCUT2D eigenvalue weighted by Gasteiger charge is -2.29. The molecule has 3 aromatic rings. The molecule has 2 aromatic carbocycles. The molecule has 26 heavy (non-hydrogen) atoms. The van der Waals surface area contributed by atoms with Gasteiger partial charge in [-0.1, -0.05) is 18.2 Å². The minimum absolute atomic E-state index is 0.0619. The van der Waals surface area contributed by atoms with Gasteiger partial charge in [0.05, 0.1) is 5.52 Å². The number of aromatic hydroxyl groups is 1. The Morgan fingerprint density at radius 3 is 3.00 bits per heavy atom. The van der Waals surface area contributed by atoms with Crippen molar-refractivity contribution in [2.45, 2.75) is 12.8 Å². The van der Waals surface area contributed by atoms with Crippen molar-refractivity contribution in [1.82, 2.24) is 4.98 Å². The molecule has 0 saturated heterocycles. The first-order chi connectivity index (χ1) is 12.6. The monoisotopic (exact) mass is 352 g/mol. The van der Waals surface area contributed by atoms with E-state index in [1.165, 1.54) is 23.8 Å². The van der Waals surface area contributed by atoms with Crippen LogP contribution in [0.1, 0.15) is 12.0 Å². The number of carbonyl (C=O) groups is 1. The van der Waals surface area contributed by atoms with Gasteiger partial charge in [-0.3, -0.25) is 4.79 Å². The van der Waals surface area contributed by atoms with E-state index in [-0.39, 0.29) is 18.1 Å². The molecule has 4 rings (SSSR count). The molecule has 0 spiro atoms. The van der Waals surface area contributed by atoms with E-state index < -0.39 is 11.7 Å². The maximum Gasteiger partial charge on any atom is 0.283 e. The summed E-state index contributed by atoms with van der Waals surface area (Å²) in [4.78, 5) is 16.9. The smallest absolute Gasteiger partial charge is 0.283 e. The molecule has 132 valence electrons. The normalized spacial score (nSPS) is 14.1. The van der Waals surface area contributed by atoms with E-state index in [1.54, 1.807) is 0 Å². The van der Waals surface area contributed by atoms with E-state index in [0.717, 1.165) is 25.1 Å². The first kappa shape index (κ1) is 16.3. The lowest BCUT2D eigenvalue weighted by molar-refractivity contribution is -0.117. The molecular formula is C19H17FN4O2. The fourth-order valence-electron chi connectivity index (χ4n) is 3.31. The van der Waals surface area contributed by atoms with Crippen molar-refractivity contribution in [2.75, 3.05) is 18.0 Å². The van der Waals surface area contributed by atoms with Crippen molar-refractivity contribution in [2.24, 2.45) is 10.2 Å². The lowest BCUT2D eigenvalue weighted by Crippen LogP contribution is -2.33. The second-order valence-corrected chi connectivity index (χ2v) is 6.26. The number of azo groups is 1. The third-order valence-electron chi connectivity index (χ3n) is 4.51. The van der Waals surface area contributed by atoms with Gasteiger partial charge in [-0.15, -0.1) is 10.2 Å². The summed E-state index contributed by atoms with van der Waals surface area (Å²) in [5, 5.41) is 17.9. The number of anilines is 1. The molecule has 0 bridgehead atoms. The number of benzene rings is 2. The molecule has 0 fully saturated rings. The molecule has 2 N–H and O–H groups in total. The zero-order chi connectivity index (χ0) is 18.1. The maximum absolute atomic E-state index is 13.4. The highest BCUT2D eigenvalue weighted by atomic mass is 19.1. The van der Waals surface area contributed by atoms with Crippen LogP contribution >= 0.6 is 0 Å². The van der Waals surface area contributed by atoms with Crippen LogP contribution in [0.5, 0.6) is 5.88 Å². The second kappa shape index (κ2) is 6.59. The number of para-hydroxylation sites is 1. The standard InChI is InChI=1S/C19H17FN4O2/c20-13-7-8-15-14(10-13)18(19(26)21-15)23-22-17(25)11-24-9-3-5-12-4-1-2-6-16(12)24/h1-2,4,6-8,10,21,26H,3,5,9,11H2. The first-order valence-electron chi connectivity index (χ1n) is 8.39. The summed E-state index contributed by atoms with van der Waals surface area (Å²) in [5.74, 6) is -1.12. The molecule has 2 heterocycles. The van der Waals surface area contributed by atoms with Crippen LogP contribution in [0, 0.1) is 5.82 Å². The van der Waals surface area contributed by atoms with Crippen molar-refractivity contribution < 1.29 is 14.3 Å². The molecule has 7 heteroatoms. The molecule has 6 nitrogen and oxygen atoms in total. The van der Waals surface area contributed by atoms with Crippen LogP contribution in [-0.2, 0) is 11.2 Å². The van der Waals surface area contributed by atoms with Gasteiger partial charge in [0, 0.05) is 17.6 Å². The summed E-state index contributed by atoms with van der Waals surface area (Å²) < 4.78 is 13.4. The Hall–Kier alpha value is -3.22. The molecule has 0 atom stereocenters. The van der Waals surface area contributed by atoms with Gasteiger partial charge in [0.2, 0.25) is 5.88 Å².